The summed E-state index contributed by atoms with van der Waals surface area (Å²) >= 11 is 0. The summed E-state index contributed by atoms with van der Waals surface area (Å²) in [4.78, 5) is 31.8. The van der Waals surface area contributed by atoms with E-state index in [2.05, 4.69) is 4.98 Å². The summed E-state index contributed by atoms with van der Waals surface area (Å²) < 4.78 is 0. The highest BCUT2D eigenvalue weighted by Crippen LogP contribution is 2.19. The summed E-state index contributed by atoms with van der Waals surface area (Å²) in [7, 11) is 0. The summed E-state index contributed by atoms with van der Waals surface area (Å²) in [5.41, 5.74) is 4.59. The summed E-state index contributed by atoms with van der Waals surface area (Å²) in [6.45, 7) is 8.27. The van der Waals surface area contributed by atoms with Gasteiger partial charge in [-0.1, -0.05) is 17.7 Å². The molecule has 0 bridgehead atoms. The largest absolute Gasteiger partial charge is 0.357 e. The molecule has 1 aromatic carbocycles. The first-order chi connectivity index (χ1) is 11.5. The molecular weight excluding hydrogens is 302 g/mol. The lowest BCUT2D eigenvalue weighted by Crippen LogP contribution is -2.50. The zero-order valence-corrected chi connectivity index (χ0v) is 14.4. The van der Waals surface area contributed by atoms with Crippen molar-refractivity contribution in [3.8, 4) is 0 Å². The molecule has 1 fully saturated rings. The van der Waals surface area contributed by atoms with Crippen molar-refractivity contribution in [2.75, 3.05) is 26.2 Å². The van der Waals surface area contributed by atoms with Crippen LogP contribution in [0.3, 0.4) is 0 Å². The highest BCUT2D eigenvalue weighted by atomic mass is 16.2. The smallest absolute Gasteiger partial charge is 0.270 e. The molecule has 1 saturated heterocycles. The molecule has 2 amide bonds. The van der Waals surface area contributed by atoms with Crippen LogP contribution in [0.2, 0.25) is 0 Å². The van der Waals surface area contributed by atoms with Gasteiger partial charge in [0.2, 0.25) is 0 Å². The van der Waals surface area contributed by atoms with Crippen LogP contribution < -0.4 is 0 Å². The Balaban J connectivity index is 1.69. The van der Waals surface area contributed by atoms with E-state index in [-0.39, 0.29) is 11.8 Å². The summed E-state index contributed by atoms with van der Waals surface area (Å²) in [6, 6.07) is 7.69. The van der Waals surface area contributed by atoms with Crippen molar-refractivity contribution in [1.29, 1.82) is 0 Å². The summed E-state index contributed by atoms with van der Waals surface area (Å²) in [5, 5.41) is 0. The Labute approximate surface area is 142 Å². The minimum Gasteiger partial charge on any atom is -0.357 e. The van der Waals surface area contributed by atoms with Crippen LogP contribution in [0.25, 0.3) is 0 Å². The highest BCUT2D eigenvalue weighted by molar-refractivity contribution is 5.97. The molecular formula is C19H23N3O2. The molecule has 1 N–H and O–H groups in total. The summed E-state index contributed by atoms with van der Waals surface area (Å²) in [6.07, 6.45) is 1.75. The number of amides is 2. The number of hydrogen-bond acceptors (Lipinski definition) is 2. The lowest BCUT2D eigenvalue weighted by molar-refractivity contribution is 0.0532. The topological polar surface area (TPSA) is 56.4 Å². The van der Waals surface area contributed by atoms with Crippen LogP contribution in [0.5, 0.6) is 0 Å². The first kappa shape index (κ1) is 16.3. The van der Waals surface area contributed by atoms with Crippen molar-refractivity contribution in [2.45, 2.75) is 20.8 Å². The van der Waals surface area contributed by atoms with Crippen LogP contribution in [-0.4, -0.2) is 52.8 Å². The zero-order chi connectivity index (χ0) is 17.3. The van der Waals surface area contributed by atoms with Gasteiger partial charge in [-0.25, -0.2) is 0 Å². The van der Waals surface area contributed by atoms with E-state index in [0.717, 1.165) is 16.7 Å². The number of aromatic amines is 1. The first-order valence-corrected chi connectivity index (χ1v) is 8.27. The van der Waals surface area contributed by atoms with Crippen molar-refractivity contribution >= 4 is 11.8 Å². The number of nitrogens with one attached hydrogen (secondary N) is 1. The van der Waals surface area contributed by atoms with E-state index < -0.39 is 0 Å². The van der Waals surface area contributed by atoms with Gasteiger partial charge in [-0.2, -0.15) is 0 Å². The molecule has 5 nitrogen and oxygen atoms in total. The maximum absolute atomic E-state index is 12.9. The molecule has 0 spiro atoms. The molecule has 126 valence electrons. The third-order valence-electron chi connectivity index (χ3n) is 4.57. The molecule has 2 aromatic rings. The monoisotopic (exact) mass is 325 g/mol. The Morgan fingerprint density at radius 2 is 1.46 bits per heavy atom. The Morgan fingerprint density at radius 3 is 1.96 bits per heavy atom. The molecule has 3 rings (SSSR count). The van der Waals surface area contributed by atoms with Crippen LogP contribution in [0.15, 0.2) is 30.5 Å². The van der Waals surface area contributed by atoms with Crippen molar-refractivity contribution in [1.82, 2.24) is 14.8 Å². The number of aromatic nitrogens is 1. The molecule has 0 aliphatic carbocycles. The predicted octanol–water partition coefficient (Wildman–Crippen LogP) is 2.54. The van der Waals surface area contributed by atoms with Gasteiger partial charge in [0.25, 0.3) is 11.8 Å². The normalized spacial score (nSPS) is 14.8. The van der Waals surface area contributed by atoms with E-state index in [1.165, 1.54) is 5.56 Å². The number of piperazine rings is 1. The number of H-pyrrole nitrogens is 1. The van der Waals surface area contributed by atoms with Gasteiger partial charge in [-0.15, -0.1) is 0 Å². The maximum Gasteiger partial charge on any atom is 0.270 e. The van der Waals surface area contributed by atoms with Crippen LogP contribution >= 0.6 is 0 Å². The lowest BCUT2D eigenvalue weighted by Gasteiger charge is -2.35. The Kier molecular flexibility index (Phi) is 4.42. The SMILES string of the molecule is Cc1cc(C)c(C(=O)N2CCN(C(=O)c3ccc[nH]3)CC2)c(C)c1. The third-order valence-corrected chi connectivity index (χ3v) is 4.57. The summed E-state index contributed by atoms with van der Waals surface area (Å²) in [5.74, 6) is 0.0618. The van der Waals surface area contributed by atoms with Gasteiger partial charge in [0, 0.05) is 37.9 Å². The van der Waals surface area contributed by atoms with E-state index in [4.69, 9.17) is 0 Å². The van der Waals surface area contributed by atoms with Crippen molar-refractivity contribution < 1.29 is 9.59 Å². The third kappa shape index (κ3) is 3.07. The van der Waals surface area contributed by atoms with Crippen LogP contribution in [0, 0.1) is 20.8 Å². The maximum atomic E-state index is 12.9. The average Bonchev–Trinajstić information content (AvgIpc) is 3.07. The van der Waals surface area contributed by atoms with Crippen LogP contribution in [0.4, 0.5) is 0 Å². The number of aryl methyl sites for hydroxylation is 3. The number of benzene rings is 1. The van der Waals surface area contributed by atoms with Crippen LogP contribution in [0.1, 0.15) is 37.5 Å². The number of hydrogen-bond donors (Lipinski definition) is 1. The second-order valence-corrected chi connectivity index (χ2v) is 6.44. The highest BCUT2D eigenvalue weighted by Gasteiger charge is 2.27. The van der Waals surface area contributed by atoms with E-state index in [0.29, 0.717) is 31.9 Å². The molecule has 2 heterocycles. The molecule has 1 aliphatic heterocycles. The second-order valence-electron chi connectivity index (χ2n) is 6.44. The Bertz CT molecular complexity index is 734. The fourth-order valence-electron chi connectivity index (χ4n) is 3.42. The standard InChI is InChI=1S/C19H23N3O2/c1-13-11-14(2)17(15(3)12-13)19(24)22-9-7-21(8-10-22)18(23)16-5-4-6-20-16/h4-6,11-12,20H,7-10H2,1-3H3. The molecule has 0 saturated carbocycles. The number of nitrogens with zero attached hydrogens (tertiary/aromatic N) is 2. The Hall–Kier alpha value is -2.56. The van der Waals surface area contributed by atoms with E-state index in [9.17, 15) is 9.59 Å². The van der Waals surface area contributed by atoms with E-state index in [1.807, 2.05) is 43.9 Å². The average molecular weight is 325 g/mol. The van der Waals surface area contributed by atoms with Crippen molar-refractivity contribution in [3.63, 3.8) is 0 Å². The van der Waals surface area contributed by atoms with Gasteiger partial charge in [0.05, 0.1) is 0 Å². The van der Waals surface area contributed by atoms with Crippen LogP contribution in [-0.2, 0) is 0 Å². The minimum absolute atomic E-state index is 0.00482. The van der Waals surface area contributed by atoms with Gasteiger partial charge in [0.1, 0.15) is 5.69 Å². The van der Waals surface area contributed by atoms with Gasteiger partial charge in [0.15, 0.2) is 0 Å². The fraction of sp³-hybridized carbons (Fsp3) is 0.368. The van der Waals surface area contributed by atoms with E-state index in [1.54, 1.807) is 17.2 Å². The fourth-order valence-corrected chi connectivity index (χ4v) is 3.42. The first-order valence-electron chi connectivity index (χ1n) is 8.27. The molecule has 0 radical (unpaired) electrons. The molecule has 1 aliphatic rings. The molecule has 24 heavy (non-hydrogen) atoms. The van der Waals surface area contributed by atoms with Gasteiger partial charge >= 0.3 is 0 Å². The van der Waals surface area contributed by atoms with Crippen molar-refractivity contribution in [2.24, 2.45) is 0 Å². The number of carbonyl (C=O) groups is 2. The van der Waals surface area contributed by atoms with Gasteiger partial charge in [-0.3, -0.25) is 9.59 Å². The quantitative estimate of drug-likeness (QED) is 0.922. The van der Waals surface area contributed by atoms with Gasteiger partial charge < -0.3 is 14.8 Å². The molecule has 0 unspecified atom stereocenters. The molecule has 1 aromatic heterocycles. The Morgan fingerprint density at radius 1 is 0.917 bits per heavy atom. The number of carbonyl (C=O) groups excluding carboxylic acids is 2. The predicted molar refractivity (Wildman–Crippen MR) is 93.3 cm³/mol. The molecule has 5 heteroatoms. The minimum atomic E-state index is -0.00482. The van der Waals surface area contributed by atoms with Gasteiger partial charge in [-0.05, 0) is 44.0 Å². The molecule has 0 atom stereocenters. The lowest BCUT2D eigenvalue weighted by atomic mass is 9.98. The second kappa shape index (κ2) is 6.51. The van der Waals surface area contributed by atoms with Crippen molar-refractivity contribution in [3.05, 3.63) is 58.4 Å². The van der Waals surface area contributed by atoms with E-state index >= 15 is 0 Å². The zero-order valence-electron chi connectivity index (χ0n) is 14.4. The number of rotatable bonds is 2.